The van der Waals surface area contributed by atoms with Crippen molar-refractivity contribution < 1.29 is 4.74 Å². The van der Waals surface area contributed by atoms with E-state index in [1.807, 2.05) is 42.5 Å². The molecule has 37 heavy (non-hydrogen) atoms. The van der Waals surface area contributed by atoms with Gasteiger partial charge >= 0.3 is 0 Å². The normalized spacial score (nSPS) is 11.9. The van der Waals surface area contributed by atoms with Gasteiger partial charge in [-0.15, -0.1) is 0 Å². The SMILES string of the molecule is CCCCCCCCCCCCCCCCCCCCCC(C)Nc1ccc(Oc2ccccc2)cc1. The van der Waals surface area contributed by atoms with Crippen LogP contribution >= 0.6 is 0 Å². The van der Waals surface area contributed by atoms with Crippen LogP contribution in [0, 0.1) is 0 Å². The number of rotatable bonds is 24. The summed E-state index contributed by atoms with van der Waals surface area (Å²) in [4.78, 5) is 0. The van der Waals surface area contributed by atoms with E-state index >= 15 is 0 Å². The topological polar surface area (TPSA) is 21.3 Å². The zero-order valence-corrected chi connectivity index (χ0v) is 24.3. The molecule has 0 aliphatic carbocycles. The van der Waals surface area contributed by atoms with Gasteiger partial charge in [-0.05, 0) is 49.7 Å². The first-order chi connectivity index (χ1) is 18.3. The van der Waals surface area contributed by atoms with Crippen LogP contribution in [0.2, 0.25) is 0 Å². The van der Waals surface area contributed by atoms with E-state index < -0.39 is 0 Å². The predicted octanol–water partition coefficient (Wildman–Crippen LogP) is 12.1. The number of para-hydroxylation sites is 1. The molecule has 0 heterocycles. The summed E-state index contributed by atoms with van der Waals surface area (Å²) in [5, 5.41) is 3.64. The highest BCUT2D eigenvalue weighted by molar-refractivity contribution is 5.47. The molecular weight excluding hydrogens is 450 g/mol. The van der Waals surface area contributed by atoms with Crippen molar-refractivity contribution in [3.63, 3.8) is 0 Å². The largest absolute Gasteiger partial charge is 0.457 e. The zero-order valence-electron chi connectivity index (χ0n) is 24.3. The van der Waals surface area contributed by atoms with Crippen molar-refractivity contribution in [3.8, 4) is 11.5 Å². The smallest absolute Gasteiger partial charge is 0.127 e. The second-order valence-electron chi connectivity index (χ2n) is 11.1. The molecule has 1 N–H and O–H groups in total. The first-order valence-corrected chi connectivity index (χ1v) is 15.9. The van der Waals surface area contributed by atoms with Gasteiger partial charge in [0.25, 0.3) is 0 Å². The molecule has 0 fully saturated rings. The lowest BCUT2D eigenvalue weighted by Gasteiger charge is -2.15. The molecule has 0 aliphatic rings. The fraction of sp³-hybridized carbons (Fsp3) is 0.657. The summed E-state index contributed by atoms with van der Waals surface area (Å²) < 4.78 is 5.88. The summed E-state index contributed by atoms with van der Waals surface area (Å²) in [5.41, 5.74) is 1.17. The monoisotopic (exact) mass is 507 g/mol. The van der Waals surface area contributed by atoms with Crippen molar-refractivity contribution in [2.45, 2.75) is 148 Å². The third-order valence-electron chi connectivity index (χ3n) is 7.49. The first-order valence-electron chi connectivity index (χ1n) is 15.9. The highest BCUT2D eigenvalue weighted by atomic mass is 16.5. The van der Waals surface area contributed by atoms with Crippen LogP contribution < -0.4 is 10.1 Å². The predicted molar refractivity (Wildman–Crippen MR) is 164 cm³/mol. The minimum Gasteiger partial charge on any atom is -0.457 e. The summed E-state index contributed by atoms with van der Waals surface area (Å²) >= 11 is 0. The molecule has 0 saturated heterocycles. The molecule has 2 heteroatoms. The minimum absolute atomic E-state index is 0.506. The zero-order chi connectivity index (χ0) is 26.2. The Morgan fingerprint density at radius 1 is 0.514 bits per heavy atom. The Bertz CT molecular complexity index is 742. The number of nitrogens with one attached hydrogen (secondary N) is 1. The molecule has 0 aromatic heterocycles. The number of hydrogen-bond acceptors (Lipinski definition) is 2. The van der Waals surface area contributed by atoms with E-state index in [0.717, 1.165) is 11.5 Å². The van der Waals surface area contributed by atoms with Crippen molar-refractivity contribution in [2.24, 2.45) is 0 Å². The molecule has 208 valence electrons. The molecule has 0 aliphatic heterocycles. The number of ether oxygens (including phenoxy) is 1. The van der Waals surface area contributed by atoms with Crippen molar-refractivity contribution >= 4 is 5.69 Å². The van der Waals surface area contributed by atoms with E-state index in [9.17, 15) is 0 Å². The highest BCUT2D eigenvalue weighted by Gasteiger charge is 2.03. The van der Waals surface area contributed by atoms with Gasteiger partial charge in [0.15, 0.2) is 0 Å². The van der Waals surface area contributed by atoms with E-state index in [1.165, 1.54) is 134 Å². The van der Waals surface area contributed by atoms with Crippen LogP contribution in [0.3, 0.4) is 0 Å². The molecule has 2 aromatic carbocycles. The molecule has 0 radical (unpaired) electrons. The Morgan fingerprint density at radius 2 is 0.919 bits per heavy atom. The summed E-state index contributed by atoms with van der Waals surface area (Å²) in [6.45, 7) is 4.59. The summed E-state index contributed by atoms with van der Waals surface area (Å²) in [5.74, 6) is 1.75. The molecule has 2 nitrogen and oxygen atoms in total. The second kappa shape index (κ2) is 22.1. The van der Waals surface area contributed by atoms with Gasteiger partial charge in [0.05, 0.1) is 0 Å². The third-order valence-corrected chi connectivity index (χ3v) is 7.49. The molecule has 2 aromatic rings. The summed E-state index contributed by atoms with van der Waals surface area (Å²) in [7, 11) is 0. The lowest BCUT2D eigenvalue weighted by molar-refractivity contribution is 0.482. The maximum atomic E-state index is 5.88. The molecule has 1 unspecified atom stereocenters. The fourth-order valence-corrected chi connectivity index (χ4v) is 5.13. The quantitative estimate of drug-likeness (QED) is 0.143. The molecule has 0 saturated carbocycles. The molecular formula is C35H57NO. The van der Waals surface area contributed by atoms with Crippen LogP contribution in [0.1, 0.15) is 142 Å². The molecule has 0 spiro atoms. The van der Waals surface area contributed by atoms with Crippen molar-refractivity contribution in [1.29, 1.82) is 0 Å². The van der Waals surface area contributed by atoms with Crippen molar-refractivity contribution in [2.75, 3.05) is 5.32 Å². The maximum Gasteiger partial charge on any atom is 0.127 e. The molecule has 0 bridgehead atoms. The summed E-state index contributed by atoms with van der Waals surface area (Å²) in [6.07, 6.45) is 28.5. The van der Waals surface area contributed by atoms with Crippen molar-refractivity contribution in [1.82, 2.24) is 0 Å². The minimum atomic E-state index is 0.506. The third kappa shape index (κ3) is 17.2. The van der Waals surface area contributed by atoms with Gasteiger partial charge in [0.1, 0.15) is 11.5 Å². The molecule has 1 atom stereocenters. The van der Waals surface area contributed by atoms with Crippen LogP contribution in [0.25, 0.3) is 0 Å². The number of unbranched alkanes of at least 4 members (excludes halogenated alkanes) is 18. The average molecular weight is 508 g/mol. The van der Waals surface area contributed by atoms with Crippen LogP contribution in [0.15, 0.2) is 54.6 Å². The van der Waals surface area contributed by atoms with Gasteiger partial charge in [0.2, 0.25) is 0 Å². The highest BCUT2D eigenvalue weighted by Crippen LogP contribution is 2.23. The van der Waals surface area contributed by atoms with E-state index in [0.29, 0.717) is 6.04 Å². The Hall–Kier alpha value is -1.96. The maximum absolute atomic E-state index is 5.88. The number of benzene rings is 2. The standard InChI is InChI=1S/C35H57NO/c1-3-4-5-6-7-8-9-10-11-12-13-14-15-16-17-18-19-20-22-25-32(2)36-33-28-30-35(31-29-33)37-34-26-23-21-24-27-34/h21,23-24,26-32,36H,3-20,22,25H2,1-2H3. The lowest BCUT2D eigenvalue weighted by atomic mass is 10.0. The van der Waals surface area contributed by atoms with Gasteiger partial charge < -0.3 is 10.1 Å². The fourth-order valence-electron chi connectivity index (χ4n) is 5.13. The Morgan fingerprint density at radius 3 is 1.38 bits per heavy atom. The van der Waals surface area contributed by atoms with Crippen LogP contribution in [0.4, 0.5) is 5.69 Å². The lowest BCUT2D eigenvalue weighted by Crippen LogP contribution is -2.14. The first kappa shape index (κ1) is 31.3. The molecule has 2 rings (SSSR count). The van der Waals surface area contributed by atoms with Gasteiger partial charge in [-0.3, -0.25) is 0 Å². The van der Waals surface area contributed by atoms with E-state index in [-0.39, 0.29) is 0 Å². The van der Waals surface area contributed by atoms with Crippen LogP contribution in [0.5, 0.6) is 11.5 Å². The van der Waals surface area contributed by atoms with Crippen LogP contribution in [-0.4, -0.2) is 6.04 Å². The summed E-state index contributed by atoms with van der Waals surface area (Å²) in [6, 6.07) is 18.8. The Kier molecular flexibility index (Phi) is 18.6. The van der Waals surface area contributed by atoms with E-state index in [4.69, 9.17) is 4.74 Å². The Labute approximate surface area is 230 Å². The number of anilines is 1. The van der Waals surface area contributed by atoms with Gasteiger partial charge in [-0.25, -0.2) is 0 Å². The second-order valence-corrected chi connectivity index (χ2v) is 11.1. The molecule has 0 amide bonds. The van der Waals surface area contributed by atoms with Gasteiger partial charge in [0, 0.05) is 11.7 Å². The van der Waals surface area contributed by atoms with Gasteiger partial charge in [-0.2, -0.15) is 0 Å². The van der Waals surface area contributed by atoms with E-state index in [2.05, 4.69) is 31.3 Å². The number of hydrogen-bond donors (Lipinski definition) is 1. The van der Waals surface area contributed by atoms with Crippen molar-refractivity contribution in [3.05, 3.63) is 54.6 Å². The van der Waals surface area contributed by atoms with Crippen LogP contribution in [-0.2, 0) is 0 Å². The Balaban J connectivity index is 1.33. The van der Waals surface area contributed by atoms with E-state index in [1.54, 1.807) is 0 Å². The average Bonchev–Trinajstić information content (AvgIpc) is 2.92. The van der Waals surface area contributed by atoms with Gasteiger partial charge in [-0.1, -0.05) is 147 Å².